The van der Waals surface area contributed by atoms with Gasteiger partial charge in [0, 0.05) is 6.42 Å². The first-order chi connectivity index (χ1) is 7.33. The second kappa shape index (κ2) is 5.08. The second-order valence-electron chi connectivity index (χ2n) is 4.69. The number of nitrogens with one attached hydrogen (secondary N) is 2. The highest BCUT2D eigenvalue weighted by Gasteiger charge is 2.36. The largest absolute Gasteiger partial charge is 0.317 e. The zero-order valence-corrected chi connectivity index (χ0v) is 9.30. The number of hydrogen-bond donors (Lipinski definition) is 2. The van der Waals surface area contributed by atoms with Crippen molar-refractivity contribution in [2.45, 2.75) is 31.7 Å². The van der Waals surface area contributed by atoms with E-state index in [1.165, 1.54) is 19.3 Å². The molecule has 0 saturated carbocycles. The molecule has 0 amide bonds. The van der Waals surface area contributed by atoms with Crippen molar-refractivity contribution >= 4 is 5.78 Å². The first-order valence-corrected chi connectivity index (χ1v) is 6.09. The van der Waals surface area contributed by atoms with Crippen LogP contribution in [0.5, 0.6) is 0 Å². The van der Waals surface area contributed by atoms with Crippen molar-refractivity contribution < 1.29 is 4.79 Å². The number of ketones is 1. The van der Waals surface area contributed by atoms with Crippen LogP contribution in [0.25, 0.3) is 0 Å². The van der Waals surface area contributed by atoms with Crippen molar-refractivity contribution in [2.24, 2.45) is 11.8 Å². The molecule has 2 heterocycles. The lowest BCUT2D eigenvalue weighted by molar-refractivity contribution is -0.121. The van der Waals surface area contributed by atoms with Gasteiger partial charge in [0.15, 0.2) is 0 Å². The van der Waals surface area contributed by atoms with Crippen LogP contribution >= 0.6 is 0 Å². The fourth-order valence-corrected chi connectivity index (χ4v) is 3.01. The van der Waals surface area contributed by atoms with Crippen LogP contribution in [0, 0.1) is 18.8 Å². The number of rotatable bonds is 3. The van der Waals surface area contributed by atoms with Crippen molar-refractivity contribution in [1.29, 1.82) is 0 Å². The van der Waals surface area contributed by atoms with Gasteiger partial charge in [-0.15, -0.1) is 0 Å². The second-order valence-corrected chi connectivity index (χ2v) is 4.69. The maximum Gasteiger partial charge on any atom is 0.150 e. The van der Waals surface area contributed by atoms with Gasteiger partial charge in [-0.05, 0) is 57.7 Å². The first kappa shape index (κ1) is 11.1. The molecule has 2 saturated heterocycles. The molecule has 2 rings (SSSR count). The summed E-state index contributed by atoms with van der Waals surface area (Å²) in [5.74, 6) is 1.61. The molecular formula is C12H21N2O. The number of piperidine rings is 1. The SMILES string of the molecule is [CH2]CC(=O)[C@H]1NCCC1C1CCNCC1. The normalized spacial score (nSPS) is 33.1. The lowest BCUT2D eigenvalue weighted by Gasteiger charge is -2.31. The smallest absolute Gasteiger partial charge is 0.150 e. The minimum atomic E-state index is 0.102. The van der Waals surface area contributed by atoms with Crippen LogP contribution in [0.4, 0.5) is 0 Å². The van der Waals surface area contributed by atoms with Crippen molar-refractivity contribution in [3.05, 3.63) is 6.92 Å². The topological polar surface area (TPSA) is 41.1 Å². The quantitative estimate of drug-likeness (QED) is 0.721. The van der Waals surface area contributed by atoms with Gasteiger partial charge in [0.2, 0.25) is 0 Å². The Bertz CT molecular complexity index is 224. The summed E-state index contributed by atoms with van der Waals surface area (Å²) in [6.07, 6.45) is 4.06. The Morgan fingerprint density at radius 3 is 2.60 bits per heavy atom. The molecule has 2 atom stereocenters. The van der Waals surface area contributed by atoms with Crippen LogP contribution in [0.1, 0.15) is 25.7 Å². The van der Waals surface area contributed by atoms with Crippen LogP contribution in [0.3, 0.4) is 0 Å². The molecule has 85 valence electrons. The van der Waals surface area contributed by atoms with Gasteiger partial charge in [0.25, 0.3) is 0 Å². The van der Waals surface area contributed by atoms with Crippen LogP contribution < -0.4 is 10.6 Å². The van der Waals surface area contributed by atoms with Gasteiger partial charge in [-0.25, -0.2) is 0 Å². The Kier molecular flexibility index (Phi) is 3.76. The predicted octanol–water partition coefficient (Wildman–Crippen LogP) is 0.757. The van der Waals surface area contributed by atoms with Gasteiger partial charge < -0.3 is 10.6 Å². The lowest BCUT2D eigenvalue weighted by atomic mass is 9.79. The Morgan fingerprint density at radius 2 is 1.93 bits per heavy atom. The maximum atomic E-state index is 11.7. The van der Waals surface area contributed by atoms with E-state index in [2.05, 4.69) is 17.6 Å². The molecule has 2 fully saturated rings. The predicted molar refractivity (Wildman–Crippen MR) is 60.5 cm³/mol. The summed E-state index contributed by atoms with van der Waals surface area (Å²) in [7, 11) is 0. The molecule has 0 aliphatic carbocycles. The van der Waals surface area contributed by atoms with Gasteiger partial charge in [0.05, 0.1) is 6.04 Å². The van der Waals surface area contributed by atoms with Crippen molar-refractivity contribution in [1.82, 2.24) is 10.6 Å². The Morgan fingerprint density at radius 1 is 1.20 bits per heavy atom. The fourth-order valence-electron chi connectivity index (χ4n) is 3.01. The maximum absolute atomic E-state index is 11.7. The van der Waals surface area contributed by atoms with E-state index in [1.807, 2.05) is 0 Å². The third-order valence-corrected chi connectivity index (χ3v) is 3.85. The van der Waals surface area contributed by atoms with E-state index in [1.54, 1.807) is 0 Å². The Balaban J connectivity index is 1.97. The molecule has 0 aromatic carbocycles. The van der Waals surface area contributed by atoms with E-state index < -0.39 is 0 Å². The van der Waals surface area contributed by atoms with E-state index in [-0.39, 0.29) is 6.04 Å². The molecule has 2 aliphatic heterocycles. The molecule has 0 spiro atoms. The summed E-state index contributed by atoms with van der Waals surface area (Å²) in [6.45, 7) is 6.95. The van der Waals surface area contributed by atoms with Crippen LogP contribution in [0.2, 0.25) is 0 Å². The standard InChI is InChI=1S/C12H21N2O/c1-2-11(15)12-10(5-8-14-12)9-3-6-13-7-4-9/h9-10,12-14H,1-8H2/t10?,12-/m0/s1. The Hall–Kier alpha value is -0.410. The summed E-state index contributed by atoms with van der Waals surface area (Å²) in [4.78, 5) is 11.7. The van der Waals surface area contributed by atoms with E-state index in [0.29, 0.717) is 18.1 Å². The van der Waals surface area contributed by atoms with E-state index in [4.69, 9.17) is 0 Å². The minimum absolute atomic E-state index is 0.102. The molecule has 15 heavy (non-hydrogen) atoms. The van der Waals surface area contributed by atoms with Gasteiger partial charge in [-0.1, -0.05) is 0 Å². The molecule has 1 radical (unpaired) electrons. The minimum Gasteiger partial charge on any atom is -0.317 e. The van der Waals surface area contributed by atoms with Crippen molar-refractivity contribution in [2.75, 3.05) is 19.6 Å². The average molecular weight is 209 g/mol. The molecule has 3 heteroatoms. The molecule has 3 nitrogen and oxygen atoms in total. The molecule has 1 unspecified atom stereocenters. The summed E-state index contributed by atoms with van der Waals surface area (Å²) >= 11 is 0. The summed E-state index contributed by atoms with van der Waals surface area (Å²) in [5.41, 5.74) is 0. The zero-order chi connectivity index (χ0) is 10.7. The van der Waals surface area contributed by atoms with Crippen LogP contribution in [0.15, 0.2) is 0 Å². The summed E-state index contributed by atoms with van der Waals surface area (Å²) < 4.78 is 0. The Labute approximate surface area is 92.0 Å². The van der Waals surface area contributed by atoms with Gasteiger partial charge in [-0.2, -0.15) is 0 Å². The van der Waals surface area contributed by atoms with E-state index >= 15 is 0 Å². The van der Waals surface area contributed by atoms with Gasteiger partial charge in [0.1, 0.15) is 5.78 Å². The third-order valence-electron chi connectivity index (χ3n) is 3.85. The molecule has 2 N–H and O–H groups in total. The molecular weight excluding hydrogens is 188 g/mol. The molecule has 0 bridgehead atoms. The monoisotopic (exact) mass is 209 g/mol. The zero-order valence-electron chi connectivity index (χ0n) is 9.30. The number of hydrogen-bond acceptors (Lipinski definition) is 3. The first-order valence-electron chi connectivity index (χ1n) is 6.09. The molecule has 0 aromatic heterocycles. The molecule has 0 aromatic rings. The number of carbonyl (C=O) groups is 1. The average Bonchev–Trinajstić information content (AvgIpc) is 2.78. The number of carbonyl (C=O) groups excluding carboxylic acids is 1. The highest BCUT2D eigenvalue weighted by Crippen LogP contribution is 2.31. The van der Waals surface area contributed by atoms with Gasteiger partial charge >= 0.3 is 0 Å². The summed E-state index contributed by atoms with van der Waals surface area (Å²) in [6, 6.07) is 0.102. The van der Waals surface area contributed by atoms with E-state index in [0.717, 1.165) is 25.6 Å². The molecule has 2 aliphatic rings. The summed E-state index contributed by atoms with van der Waals surface area (Å²) in [5, 5.41) is 6.72. The highest BCUT2D eigenvalue weighted by atomic mass is 16.1. The van der Waals surface area contributed by atoms with E-state index in [9.17, 15) is 4.79 Å². The van der Waals surface area contributed by atoms with Crippen LogP contribution in [-0.4, -0.2) is 31.5 Å². The fraction of sp³-hybridized carbons (Fsp3) is 0.833. The van der Waals surface area contributed by atoms with Gasteiger partial charge in [-0.3, -0.25) is 4.79 Å². The van der Waals surface area contributed by atoms with Crippen molar-refractivity contribution in [3.63, 3.8) is 0 Å². The lowest BCUT2D eigenvalue weighted by Crippen LogP contribution is -2.41. The highest BCUT2D eigenvalue weighted by molar-refractivity contribution is 5.85. The number of Topliss-reactive ketones (excluding diaryl/α,β-unsaturated/α-hetero) is 1. The van der Waals surface area contributed by atoms with Crippen molar-refractivity contribution in [3.8, 4) is 0 Å². The van der Waals surface area contributed by atoms with Crippen LogP contribution in [-0.2, 0) is 4.79 Å². The third kappa shape index (κ3) is 2.40.